The van der Waals surface area contributed by atoms with Gasteiger partial charge in [-0.15, -0.1) is 0 Å². The second-order valence-electron chi connectivity index (χ2n) is 6.13. The van der Waals surface area contributed by atoms with Gasteiger partial charge in [-0.05, 0) is 66.5 Å². The normalized spacial score (nSPS) is 11.8. The van der Waals surface area contributed by atoms with Crippen LogP contribution in [0.3, 0.4) is 0 Å². The number of nitrogens with one attached hydrogen (secondary N) is 1. The minimum absolute atomic E-state index is 0.0952. The summed E-state index contributed by atoms with van der Waals surface area (Å²) in [6.07, 6.45) is 0.0952. The topological polar surface area (TPSA) is 56.8 Å². The Bertz CT molecular complexity index is 751. The molecule has 2 rings (SSSR count). The first-order valence-corrected chi connectivity index (χ1v) is 9.14. The lowest BCUT2D eigenvalue weighted by Crippen LogP contribution is -2.26. The van der Waals surface area contributed by atoms with Crippen LogP contribution in [0, 0.1) is 0 Å². The molecule has 0 saturated heterocycles. The van der Waals surface area contributed by atoms with E-state index in [4.69, 9.17) is 14.2 Å². The summed E-state index contributed by atoms with van der Waals surface area (Å²) in [5.41, 5.74) is 1.43. The Balaban J connectivity index is 2.19. The van der Waals surface area contributed by atoms with Crippen LogP contribution in [0.25, 0.3) is 0 Å². The number of amides is 1. The molecule has 0 saturated carbocycles. The first kappa shape index (κ1) is 20.1. The summed E-state index contributed by atoms with van der Waals surface area (Å²) in [6.45, 7) is 5.89. The summed E-state index contributed by atoms with van der Waals surface area (Å²) in [5.74, 6) is 1.64. The van der Waals surface area contributed by atoms with Crippen molar-refractivity contribution >= 4 is 21.8 Å². The van der Waals surface area contributed by atoms with E-state index in [0.29, 0.717) is 21.5 Å². The fraction of sp³-hybridized carbons (Fsp3) is 0.350. The van der Waals surface area contributed by atoms with Gasteiger partial charge in [0.05, 0.1) is 26.4 Å². The van der Waals surface area contributed by atoms with Crippen molar-refractivity contribution < 1.29 is 19.0 Å². The molecule has 1 atom stereocenters. The highest BCUT2D eigenvalue weighted by atomic mass is 79.9. The van der Waals surface area contributed by atoms with Crippen LogP contribution in [0.2, 0.25) is 0 Å². The number of rotatable bonds is 7. The van der Waals surface area contributed by atoms with Gasteiger partial charge in [-0.25, -0.2) is 0 Å². The minimum Gasteiger partial charge on any atom is -0.495 e. The molecule has 140 valence electrons. The zero-order chi connectivity index (χ0) is 19.3. The highest BCUT2D eigenvalue weighted by Crippen LogP contribution is 2.35. The summed E-state index contributed by atoms with van der Waals surface area (Å²) in [4.78, 5) is 12.7. The van der Waals surface area contributed by atoms with Crippen molar-refractivity contribution in [2.75, 3.05) is 14.2 Å². The van der Waals surface area contributed by atoms with E-state index in [1.807, 2.05) is 45.0 Å². The number of benzene rings is 2. The Kier molecular flexibility index (Phi) is 6.91. The van der Waals surface area contributed by atoms with E-state index in [9.17, 15) is 4.79 Å². The predicted molar refractivity (Wildman–Crippen MR) is 105 cm³/mol. The van der Waals surface area contributed by atoms with Crippen molar-refractivity contribution in [3.63, 3.8) is 0 Å². The second kappa shape index (κ2) is 8.94. The van der Waals surface area contributed by atoms with Gasteiger partial charge in [0, 0.05) is 5.56 Å². The quantitative estimate of drug-likeness (QED) is 0.700. The van der Waals surface area contributed by atoms with E-state index in [-0.39, 0.29) is 18.1 Å². The van der Waals surface area contributed by atoms with Gasteiger partial charge in [0.25, 0.3) is 5.91 Å². The lowest BCUT2D eigenvalue weighted by Gasteiger charge is -2.17. The number of methoxy groups -OCH3 is 2. The molecule has 0 aliphatic heterocycles. The molecular weight excluding hydrogens is 398 g/mol. The Morgan fingerprint density at radius 2 is 1.65 bits per heavy atom. The SMILES string of the molecule is COc1cc(C(=O)NC(C)c2cccc(OC(C)C)c2)cc(OC)c1Br. The Hall–Kier alpha value is -2.21. The fourth-order valence-corrected chi connectivity index (χ4v) is 3.05. The predicted octanol–water partition coefficient (Wildman–Crippen LogP) is 4.74. The van der Waals surface area contributed by atoms with Crippen LogP contribution in [0.4, 0.5) is 0 Å². The average Bonchev–Trinajstić information content (AvgIpc) is 2.61. The third-order valence-corrected chi connectivity index (χ3v) is 4.57. The zero-order valence-electron chi connectivity index (χ0n) is 15.6. The molecule has 0 aliphatic rings. The fourth-order valence-electron chi connectivity index (χ4n) is 2.49. The van der Waals surface area contributed by atoms with Gasteiger partial charge in [-0.2, -0.15) is 0 Å². The molecular formula is C20H24BrNO4. The van der Waals surface area contributed by atoms with Crippen LogP contribution in [-0.2, 0) is 0 Å². The molecule has 5 nitrogen and oxygen atoms in total. The zero-order valence-corrected chi connectivity index (χ0v) is 17.2. The Labute approximate surface area is 162 Å². The van der Waals surface area contributed by atoms with E-state index in [2.05, 4.69) is 21.2 Å². The van der Waals surface area contributed by atoms with Crippen LogP contribution in [0.15, 0.2) is 40.9 Å². The van der Waals surface area contributed by atoms with Crippen molar-refractivity contribution in [2.45, 2.75) is 32.9 Å². The van der Waals surface area contributed by atoms with Crippen molar-refractivity contribution in [2.24, 2.45) is 0 Å². The highest BCUT2D eigenvalue weighted by molar-refractivity contribution is 9.10. The number of halogens is 1. The molecule has 2 aromatic rings. The van der Waals surface area contributed by atoms with Gasteiger partial charge in [-0.3, -0.25) is 4.79 Å². The number of carbonyl (C=O) groups excluding carboxylic acids is 1. The van der Waals surface area contributed by atoms with E-state index < -0.39 is 0 Å². The van der Waals surface area contributed by atoms with Gasteiger partial charge in [-0.1, -0.05) is 12.1 Å². The molecule has 1 unspecified atom stereocenters. The van der Waals surface area contributed by atoms with E-state index in [1.54, 1.807) is 26.4 Å². The summed E-state index contributed by atoms with van der Waals surface area (Å²) in [6, 6.07) is 10.9. The van der Waals surface area contributed by atoms with Crippen LogP contribution in [0.5, 0.6) is 17.2 Å². The number of ether oxygens (including phenoxy) is 3. The molecule has 6 heteroatoms. The van der Waals surface area contributed by atoms with Crippen molar-refractivity contribution in [1.82, 2.24) is 5.32 Å². The van der Waals surface area contributed by atoms with Crippen LogP contribution < -0.4 is 19.5 Å². The summed E-state index contributed by atoms with van der Waals surface area (Å²) in [7, 11) is 3.09. The number of carbonyl (C=O) groups is 1. The van der Waals surface area contributed by atoms with Crippen LogP contribution in [0.1, 0.15) is 42.7 Å². The Morgan fingerprint density at radius 3 is 2.19 bits per heavy atom. The molecule has 0 aromatic heterocycles. The Morgan fingerprint density at radius 1 is 1.04 bits per heavy atom. The molecule has 0 fully saturated rings. The summed E-state index contributed by atoms with van der Waals surface area (Å²) >= 11 is 3.40. The lowest BCUT2D eigenvalue weighted by molar-refractivity contribution is 0.0939. The van der Waals surface area contributed by atoms with Gasteiger partial charge < -0.3 is 19.5 Å². The summed E-state index contributed by atoms with van der Waals surface area (Å²) in [5, 5.41) is 2.99. The molecule has 1 amide bonds. The van der Waals surface area contributed by atoms with Crippen LogP contribution in [-0.4, -0.2) is 26.2 Å². The largest absolute Gasteiger partial charge is 0.495 e. The van der Waals surface area contributed by atoms with E-state index >= 15 is 0 Å². The molecule has 2 aromatic carbocycles. The third kappa shape index (κ3) is 4.91. The summed E-state index contributed by atoms with van der Waals surface area (Å²) < 4.78 is 17.0. The molecule has 26 heavy (non-hydrogen) atoms. The molecule has 0 radical (unpaired) electrons. The third-order valence-electron chi connectivity index (χ3n) is 3.79. The second-order valence-corrected chi connectivity index (χ2v) is 6.92. The molecule has 0 spiro atoms. The van der Waals surface area contributed by atoms with Crippen LogP contribution >= 0.6 is 15.9 Å². The highest BCUT2D eigenvalue weighted by Gasteiger charge is 2.17. The van der Waals surface area contributed by atoms with Crippen molar-refractivity contribution in [1.29, 1.82) is 0 Å². The number of hydrogen-bond donors (Lipinski definition) is 1. The standard InChI is InChI=1S/C20H24BrNO4/c1-12(2)26-16-8-6-7-14(9-16)13(3)22-20(23)15-10-17(24-4)19(21)18(11-15)25-5/h6-13H,1-5H3,(H,22,23). The van der Waals surface area contributed by atoms with Gasteiger partial charge in [0.2, 0.25) is 0 Å². The average molecular weight is 422 g/mol. The maximum absolute atomic E-state index is 12.7. The van der Waals surface area contributed by atoms with Gasteiger partial charge >= 0.3 is 0 Å². The maximum Gasteiger partial charge on any atom is 0.252 e. The first-order valence-electron chi connectivity index (χ1n) is 8.34. The monoisotopic (exact) mass is 421 g/mol. The van der Waals surface area contributed by atoms with Crippen molar-refractivity contribution in [3.05, 3.63) is 52.0 Å². The van der Waals surface area contributed by atoms with E-state index in [1.165, 1.54) is 0 Å². The maximum atomic E-state index is 12.7. The molecule has 0 bridgehead atoms. The smallest absolute Gasteiger partial charge is 0.252 e. The number of hydrogen-bond acceptors (Lipinski definition) is 4. The lowest BCUT2D eigenvalue weighted by atomic mass is 10.1. The molecule has 0 heterocycles. The molecule has 0 aliphatic carbocycles. The van der Waals surface area contributed by atoms with Gasteiger partial charge in [0.1, 0.15) is 21.7 Å². The first-order chi connectivity index (χ1) is 12.3. The van der Waals surface area contributed by atoms with Gasteiger partial charge in [0.15, 0.2) is 0 Å². The molecule has 1 N–H and O–H groups in total. The van der Waals surface area contributed by atoms with Crippen molar-refractivity contribution in [3.8, 4) is 17.2 Å². The minimum atomic E-state index is -0.211. The van der Waals surface area contributed by atoms with E-state index in [0.717, 1.165) is 11.3 Å².